The van der Waals surface area contributed by atoms with Crippen LogP contribution in [0.2, 0.25) is 0 Å². The van der Waals surface area contributed by atoms with Crippen LogP contribution < -0.4 is 5.73 Å². The van der Waals surface area contributed by atoms with Gasteiger partial charge < -0.3 is 14.9 Å². The van der Waals surface area contributed by atoms with Gasteiger partial charge in [-0.15, -0.1) is 0 Å². The zero-order chi connectivity index (χ0) is 9.84. The van der Waals surface area contributed by atoms with Gasteiger partial charge in [-0.3, -0.25) is 4.79 Å². The number of rotatable bonds is 3. The number of esters is 1. The molecule has 1 aromatic rings. The first kappa shape index (κ1) is 9.80. The molecule has 0 saturated carbocycles. The monoisotopic (exact) mass is 183 g/mol. The van der Waals surface area contributed by atoms with Crippen LogP contribution in [0.3, 0.4) is 0 Å². The summed E-state index contributed by atoms with van der Waals surface area (Å²) in [6, 6.07) is 1.40. The lowest BCUT2D eigenvalue weighted by Gasteiger charge is -2.07. The molecule has 1 rings (SSSR count). The van der Waals surface area contributed by atoms with Crippen molar-refractivity contribution in [2.75, 3.05) is 7.11 Å². The number of carbonyl (C=O) groups excluding carboxylic acids is 1. The highest BCUT2D eigenvalue weighted by Crippen LogP contribution is 2.19. The Labute approximate surface area is 76.7 Å². The second kappa shape index (κ2) is 4.09. The van der Waals surface area contributed by atoms with Crippen molar-refractivity contribution < 1.29 is 13.9 Å². The molecule has 1 aromatic heterocycles. The maximum Gasteiger partial charge on any atom is 0.307 e. The lowest BCUT2D eigenvalue weighted by molar-refractivity contribution is -0.141. The van der Waals surface area contributed by atoms with Crippen LogP contribution >= 0.6 is 0 Å². The van der Waals surface area contributed by atoms with Gasteiger partial charge in [0, 0.05) is 0 Å². The van der Waals surface area contributed by atoms with Crippen molar-refractivity contribution in [3.8, 4) is 0 Å². The number of hydrogen-bond acceptors (Lipinski definition) is 4. The number of ether oxygens (including phenoxy) is 1. The molecule has 72 valence electrons. The minimum absolute atomic E-state index is 0.144. The Bertz CT molecular complexity index is 293. The molecule has 0 aliphatic carbocycles. The van der Waals surface area contributed by atoms with Gasteiger partial charge in [0.05, 0.1) is 25.8 Å². The second-order valence-corrected chi connectivity index (χ2v) is 2.85. The van der Waals surface area contributed by atoms with Gasteiger partial charge in [-0.2, -0.15) is 0 Å². The first-order chi connectivity index (χ1) is 6.15. The van der Waals surface area contributed by atoms with Crippen LogP contribution in [0.4, 0.5) is 0 Å². The van der Waals surface area contributed by atoms with E-state index in [-0.39, 0.29) is 12.4 Å². The quantitative estimate of drug-likeness (QED) is 0.714. The predicted octanol–water partition coefficient (Wildman–Crippen LogP) is 1.15. The van der Waals surface area contributed by atoms with E-state index in [0.717, 1.165) is 5.56 Å². The van der Waals surface area contributed by atoms with E-state index >= 15 is 0 Å². The number of hydrogen-bond donors (Lipinski definition) is 1. The van der Waals surface area contributed by atoms with Crippen molar-refractivity contribution in [1.29, 1.82) is 0 Å². The van der Waals surface area contributed by atoms with Crippen molar-refractivity contribution in [2.24, 2.45) is 5.73 Å². The van der Waals surface area contributed by atoms with E-state index in [9.17, 15) is 4.79 Å². The van der Waals surface area contributed by atoms with E-state index in [1.54, 1.807) is 6.26 Å². The molecule has 0 aliphatic heterocycles. The zero-order valence-corrected chi connectivity index (χ0v) is 7.74. The van der Waals surface area contributed by atoms with E-state index in [2.05, 4.69) is 4.74 Å². The highest BCUT2D eigenvalue weighted by Gasteiger charge is 2.16. The summed E-state index contributed by atoms with van der Waals surface area (Å²) in [7, 11) is 1.34. The van der Waals surface area contributed by atoms with Gasteiger partial charge in [0.25, 0.3) is 0 Å². The SMILES string of the molecule is COC(=O)C[C@@H](N)c1occc1C. The molecule has 0 bridgehead atoms. The Kier molecular flexibility index (Phi) is 3.08. The molecular weight excluding hydrogens is 170 g/mol. The van der Waals surface area contributed by atoms with Gasteiger partial charge in [-0.05, 0) is 18.6 Å². The Morgan fingerprint density at radius 2 is 2.46 bits per heavy atom. The zero-order valence-electron chi connectivity index (χ0n) is 7.74. The number of furan rings is 1. The highest BCUT2D eigenvalue weighted by atomic mass is 16.5. The Morgan fingerprint density at radius 1 is 1.77 bits per heavy atom. The smallest absolute Gasteiger partial charge is 0.307 e. The molecule has 1 atom stereocenters. The fourth-order valence-corrected chi connectivity index (χ4v) is 1.12. The third kappa shape index (κ3) is 2.32. The van der Waals surface area contributed by atoms with Gasteiger partial charge >= 0.3 is 5.97 Å². The lowest BCUT2D eigenvalue weighted by atomic mass is 10.1. The molecular formula is C9H13NO3. The molecule has 2 N–H and O–H groups in total. The van der Waals surface area contributed by atoms with E-state index in [4.69, 9.17) is 10.2 Å². The fourth-order valence-electron chi connectivity index (χ4n) is 1.12. The molecule has 0 radical (unpaired) electrons. The highest BCUT2D eigenvalue weighted by molar-refractivity contribution is 5.70. The van der Waals surface area contributed by atoms with E-state index in [1.807, 2.05) is 13.0 Å². The van der Waals surface area contributed by atoms with Gasteiger partial charge in [0.1, 0.15) is 5.76 Å². The van der Waals surface area contributed by atoms with Crippen molar-refractivity contribution in [3.05, 3.63) is 23.7 Å². The molecule has 13 heavy (non-hydrogen) atoms. The van der Waals surface area contributed by atoms with Crippen molar-refractivity contribution in [1.82, 2.24) is 0 Å². The summed E-state index contributed by atoms with van der Waals surface area (Å²) in [4.78, 5) is 10.9. The van der Waals surface area contributed by atoms with Crippen LogP contribution in [-0.2, 0) is 9.53 Å². The summed E-state index contributed by atoms with van der Waals surface area (Å²) in [6.45, 7) is 1.88. The summed E-state index contributed by atoms with van der Waals surface area (Å²) < 4.78 is 9.64. The van der Waals surface area contributed by atoms with Crippen LogP contribution in [0, 0.1) is 6.92 Å². The maximum atomic E-state index is 10.9. The summed E-state index contributed by atoms with van der Waals surface area (Å²) in [5.74, 6) is 0.314. The van der Waals surface area contributed by atoms with Gasteiger partial charge in [-0.25, -0.2) is 0 Å². The molecule has 0 unspecified atom stereocenters. The number of carbonyl (C=O) groups is 1. The number of methoxy groups -OCH3 is 1. The van der Waals surface area contributed by atoms with Crippen LogP contribution in [-0.4, -0.2) is 13.1 Å². The van der Waals surface area contributed by atoms with E-state index in [0.29, 0.717) is 5.76 Å². The normalized spacial score (nSPS) is 12.5. The third-order valence-electron chi connectivity index (χ3n) is 1.85. The fraction of sp³-hybridized carbons (Fsp3) is 0.444. The topological polar surface area (TPSA) is 65.5 Å². The van der Waals surface area contributed by atoms with Crippen LogP contribution in [0.1, 0.15) is 23.8 Å². The first-order valence-electron chi connectivity index (χ1n) is 4.01. The number of nitrogens with two attached hydrogens (primary N) is 1. The Hall–Kier alpha value is -1.29. The molecule has 0 fully saturated rings. The van der Waals surface area contributed by atoms with E-state index < -0.39 is 6.04 Å². The van der Waals surface area contributed by atoms with E-state index in [1.165, 1.54) is 7.11 Å². The van der Waals surface area contributed by atoms with Crippen LogP contribution in [0.15, 0.2) is 16.7 Å². The molecule has 0 amide bonds. The lowest BCUT2D eigenvalue weighted by Crippen LogP contribution is -2.16. The standard InChI is InChI=1S/C9H13NO3/c1-6-3-4-13-9(6)7(10)5-8(11)12-2/h3-4,7H,5,10H2,1-2H3/t7-/m1/s1. The van der Waals surface area contributed by atoms with Crippen molar-refractivity contribution in [3.63, 3.8) is 0 Å². The summed E-state index contributed by atoms with van der Waals surface area (Å²) in [5, 5.41) is 0. The first-order valence-corrected chi connectivity index (χ1v) is 4.01. The average Bonchev–Trinajstić information content (AvgIpc) is 2.51. The van der Waals surface area contributed by atoms with Crippen molar-refractivity contribution in [2.45, 2.75) is 19.4 Å². The largest absolute Gasteiger partial charge is 0.469 e. The molecule has 0 aromatic carbocycles. The maximum absolute atomic E-state index is 10.9. The van der Waals surface area contributed by atoms with Crippen LogP contribution in [0.25, 0.3) is 0 Å². The molecule has 1 heterocycles. The predicted molar refractivity (Wildman–Crippen MR) is 47.0 cm³/mol. The molecule has 4 heteroatoms. The summed E-state index contributed by atoms with van der Waals surface area (Å²) in [6.07, 6.45) is 1.70. The Balaban J connectivity index is 2.63. The second-order valence-electron chi connectivity index (χ2n) is 2.85. The average molecular weight is 183 g/mol. The van der Waals surface area contributed by atoms with Crippen LogP contribution in [0.5, 0.6) is 0 Å². The molecule has 0 saturated heterocycles. The van der Waals surface area contributed by atoms with Gasteiger partial charge in [0.2, 0.25) is 0 Å². The minimum Gasteiger partial charge on any atom is -0.469 e. The van der Waals surface area contributed by atoms with Gasteiger partial charge in [0.15, 0.2) is 0 Å². The molecule has 0 aliphatic rings. The molecule has 0 spiro atoms. The minimum atomic E-state index is -0.414. The summed E-state index contributed by atoms with van der Waals surface area (Å²) in [5.41, 5.74) is 6.68. The summed E-state index contributed by atoms with van der Waals surface area (Å²) >= 11 is 0. The third-order valence-corrected chi connectivity index (χ3v) is 1.85. The van der Waals surface area contributed by atoms with Gasteiger partial charge in [-0.1, -0.05) is 0 Å². The molecule has 4 nitrogen and oxygen atoms in total. The van der Waals surface area contributed by atoms with Crippen molar-refractivity contribution >= 4 is 5.97 Å². The number of aryl methyl sites for hydroxylation is 1. The Morgan fingerprint density at radius 3 is 2.92 bits per heavy atom.